The molecular formula is C17H20N2O3. The molecule has 0 spiro atoms. The normalized spacial score (nSPS) is 11.9. The highest BCUT2D eigenvalue weighted by Crippen LogP contribution is 2.23. The fourth-order valence-electron chi connectivity index (χ4n) is 2.40. The molecule has 0 saturated heterocycles. The van der Waals surface area contributed by atoms with Crippen molar-refractivity contribution in [3.63, 3.8) is 0 Å². The molecule has 0 bridgehead atoms. The number of fused-ring (bicyclic) bond motifs is 1. The first-order valence-corrected chi connectivity index (χ1v) is 7.32. The largest absolute Gasteiger partial charge is 0.481 e. The van der Waals surface area contributed by atoms with Gasteiger partial charge in [0, 0.05) is 13.0 Å². The van der Waals surface area contributed by atoms with Crippen molar-refractivity contribution in [2.45, 2.75) is 25.8 Å². The third kappa shape index (κ3) is 4.22. The van der Waals surface area contributed by atoms with Crippen LogP contribution in [0.1, 0.15) is 31.4 Å². The van der Waals surface area contributed by atoms with Gasteiger partial charge in [0.15, 0.2) is 0 Å². The van der Waals surface area contributed by atoms with Gasteiger partial charge in [-0.15, -0.1) is 0 Å². The minimum absolute atomic E-state index is 0.0547. The number of aliphatic carboxylic acids is 1. The van der Waals surface area contributed by atoms with Gasteiger partial charge in [-0.25, -0.2) is 4.79 Å². The van der Waals surface area contributed by atoms with E-state index in [9.17, 15) is 9.59 Å². The van der Waals surface area contributed by atoms with Crippen LogP contribution in [0.4, 0.5) is 4.79 Å². The number of hydrogen-bond donors (Lipinski definition) is 3. The summed E-state index contributed by atoms with van der Waals surface area (Å²) in [5.74, 6) is -0.855. The zero-order valence-electron chi connectivity index (χ0n) is 12.5. The molecule has 2 amide bonds. The van der Waals surface area contributed by atoms with Crippen molar-refractivity contribution in [3.05, 3.63) is 48.0 Å². The van der Waals surface area contributed by atoms with E-state index in [2.05, 4.69) is 10.6 Å². The summed E-state index contributed by atoms with van der Waals surface area (Å²) in [6, 6.07) is 13.6. The molecule has 5 nitrogen and oxygen atoms in total. The van der Waals surface area contributed by atoms with Crippen LogP contribution in [0.25, 0.3) is 10.8 Å². The van der Waals surface area contributed by atoms with Crippen LogP contribution in [0.3, 0.4) is 0 Å². The molecule has 0 aromatic heterocycles. The fraction of sp³-hybridized carbons (Fsp3) is 0.294. The second-order valence-electron chi connectivity index (χ2n) is 5.19. The van der Waals surface area contributed by atoms with Crippen LogP contribution in [0, 0.1) is 0 Å². The molecule has 3 N–H and O–H groups in total. The lowest BCUT2D eigenvalue weighted by Gasteiger charge is -2.17. The lowest BCUT2D eigenvalue weighted by Crippen LogP contribution is -2.37. The lowest BCUT2D eigenvalue weighted by molar-refractivity contribution is -0.137. The van der Waals surface area contributed by atoms with Crippen molar-refractivity contribution in [3.8, 4) is 0 Å². The van der Waals surface area contributed by atoms with Crippen molar-refractivity contribution >= 4 is 22.8 Å². The van der Waals surface area contributed by atoms with Crippen LogP contribution in [0.15, 0.2) is 42.5 Å². The maximum Gasteiger partial charge on any atom is 0.315 e. The van der Waals surface area contributed by atoms with Gasteiger partial charge in [0.1, 0.15) is 0 Å². The number of benzene rings is 2. The minimum Gasteiger partial charge on any atom is -0.481 e. The van der Waals surface area contributed by atoms with Crippen molar-refractivity contribution in [2.75, 3.05) is 6.54 Å². The second-order valence-corrected chi connectivity index (χ2v) is 5.19. The van der Waals surface area contributed by atoms with E-state index in [0.717, 1.165) is 16.3 Å². The lowest BCUT2D eigenvalue weighted by atomic mass is 10.00. The number of urea groups is 1. The third-order valence-electron chi connectivity index (χ3n) is 3.49. The van der Waals surface area contributed by atoms with Gasteiger partial charge >= 0.3 is 12.0 Å². The van der Waals surface area contributed by atoms with E-state index < -0.39 is 5.97 Å². The Labute approximate surface area is 129 Å². The predicted octanol–water partition coefficient (Wildman–Crippen LogP) is 3.06. The monoisotopic (exact) mass is 300 g/mol. The van der Waals surface area contributed by atoms with E-state index in [4.69, 9.17) is 5.11 Å². The highest BCUT2D eigenvalue weighted by molar-refractivity contribution is 5.86. The number of carboxylic acids is 1. The summed E-state index contributed by atoms with van der Waals surface area (Å²) in [6.45, 7) is 2.28. The topological polar surface area (TPSA) is 78.4 Å². The first-order valence-electron chi connectivity index (χ1n) is 7.32. The molecule has 1 unspecified atom stereocenters. The van der Waals surface area contributed by atoms with Gasteiger partial charge in [-0.05, 0) is 29.7 Å². The molecule has 0 saturated carbocycles. The molecule has 2 aromatic rings. The summed E-state index contributed by atoms with van der Waals surface area (Å²) in [5, 5.41) is 16.3. The standard InChI is InChI=1S/C17H20N2O3/c1-12(19-17(22)18-11-5-10-16(20)21)14-9-4-7-13-6-2-3-8-15(13)14/h2-4,6-9,12H,5,10-11H2,1H3,(H,20,21)(H2,18,19,22). The molecule has 0 radical (unpaired) electrons. The summed E-state index contributed by atoms with van der Waals surface area (Å²) in [7, 11) is 0. The summed E-state index contributed by atoms with van der Waals surface area (Å²) >= 11 is 0. The van der Waals surface area contributed by atoms with Crippen LogP contribution < -0.4 is 10.6 Å². The molecule has 2 rings (SSSR count). The van der Waals surface area contributed by atoms with Gasteiger partial charge in [0.05, 0.1) is 6.04 Å². The summed E-state index contributed by atoms with van der Waals surface area (Å²) < 4.78 is 0. The number of rotatable bonds is 6. The molecule has 5 heteroatoms. The molecule has 0 fully saturated rings. The quantitative estimate of drug-likeness (QED) is 0.717. The Balaban J connectivity index is 1.95. The highest BCUT2D eigenvalue weighted by atomic mass is 16.4. The van der Waals surface area contributed by atoms with Crippen molar-refractivity contribution in [1.29, 1.82) is 0 Å². The SMILES string of the molecule is CC(NC(=O)NCCCC(=O)O)c1cccc2ccccc12. The number of carbonyl (C=O) groups is 2. The van der Waals surface area contributed by atoms with Crippen molar-refractivity contribution in [1.82, 2.24) is 10.6 Å². The number of carboxylic acid groups (broad SMARTS) is 1. The summed E-state index contributed by atoms with van der Waals surface area (Å²) in [6.07, 6.45) is 0.477. The van der Waals surface area contributed by atoms with E-state index in [-0.39, 0.29) is 18.5 Å². The maximum absolute atomic E-state index is 11.8. The number of amides is 2. The zero-order valence-corrected chi connectivity index (χ0v) is 12.5. The Hall–Kier alpha value is -2.56. The maximum atomic E-state index is 11.8. The first kappa shape index (κ1) is 15.8. The molecule has 0 heterocycles. The summed E-state index contributed by atoms with van der Waals surface area (Å²) in [5.41, 5.74) is 1.05. The molecule has 0 aliphatic rings. The highest BCUT2D eigenvalue weighted by Gasteiger charge is 2.11. The molecule has 0 aliphatic carbocycles. The Kier molecular flexibility index (Phi) is 5.36. The van der Waals surface area contributed by atoms with Gasteiger partial charge in [-0.2, -0.15) is 0 Å². The molecular weight excluding hydrogens is 280 g/mol. The fourth-order valence-corrected chi connectivity index (χ4v) is 2.40. The van der Waals surface area contributed by atoms with Crippen LogP contribution in [0.2, 0.25) is 0 Å². The van der Waals surface area contributed by atoms with E-state index in [0.29, 0.717) is 13.0 Å². The van der Waals surface area contributed by atoms with Gasteiger partial charge in [0.2, 0.25) is 0 Å². The van der Waals surface area contributed by atoms with Gasteiger partial charge in [-0.3, -0.25) is 4.79 Å². The minimum atomic E-state index is -0.855. The number of carbonyl (C=O) groups excluding carboxylic acids is 1. The Morgan fingerprint density at radius 1 is 1.14 bits per heavy atom. The Morgan fingerprint density at radius 3 is 2.64 bits per heavy atom. The number of hydrogen-bond acceptors (Lipinski definition) is 2. The van der Waals surface area contributed by atoms with Gasteiger partial charge in [-0.1, -0.05) is 42.5 Å². The van der Waals surface area contributed by atoms with Crippen LogP contribution in [-0.2, 0) is 4.79 Å². The molecule has 0 aliphatic heterocycles. The smallest absolute Gasteiger partial charge is 0.315 e. The van der Waals surface area contributed by atoms with Gasteiger partial charge < -0.3 is 15.7 Å². The van der Waals surface area contributed by atoms with E-state index in [1.165, 1.54) is 0 Å². The van der Waals surface area contributed by atoms with Crippen molar-refractivity contribution in [2.24, 2.45) is 0 Å². The third-order valence-corrected chi connectivity index (χ3v) is 3.49. The molecule has 22 heavy (non-hydrogen) atoms. The Morgan fingerprint density at radius 2 is 1.86 bits per heavy atom. The molecule has 2 aromatic carbocycles. The molecule has 1 atom stereocenters. The first-order chi connectivity index (χ1) is 10.6. The second kappa shape index (κ2) is 7.45. The van der Waals surface area contributed by atoms with Crippen LogP contribution in [-0.4, -0.2) is 23.7 Å². The van der Waals surface area contributed by atoms with E-state index in [1.54, 1.807) is 0 Å². The molecule has 116 valence electrons. The number of nitrogens with one attached hydrogen (secondary N) is 2. The average Bonchev–Trinajstić information content (AvgIpc) is 2.50. The van der Waals surface area contributed by atoms with Crippen LogP contribution in [0.5, 0.6) is 0 Å². The predicted molar refractivity (Wildman–Crippen MR) is 85.8 cm³/mol. The average molecular weight is 300 g/mol. The van der Waals surface area contributed by atoms with E-state index in [1.807, 2.05) is 49.4 Å². The van der Waals surface area contributed by atoms with Gasteiger partial charge in [0.25, 0.3) is 0 Å². The summed E-state index contributed by atoms with van der Waals surface area (Å²) in [4.78, 5) is 22.2. The van der Waals surface area contributed by atoms with Crippen LogP contribution >= 0.6 is 0 Å². The van der Waals surface area contributed by atoms with E-state index >= 15 is 0 Å². The Bertz CT molecular complexity index is 665. The zero-order chi connectivity index (χ0) is 15.9. The van der Waals surface area contributed by atoms with Crippen molar-refractivity contribution < 1.29 is 14.7 Å².